The first-order valence-corrected chi connectivity index (χ1v) is 7.88. The average molecular weight is 331 g/mol. The molecular weight excluding hydrogens is 312 g/mol. The number of benzene rings is 2. The molecule has 0 amide bonds. The van der Waals surface area contributed by atoms with Crippen molar-refractivity contribution < 1.29 is 14.0 Å². The SMILES string of the molecule is [C-]#[N+]c1cc(-c2ccccc2OC)[n+](C)c(-c2ccccc2OC)c1. The van der Waals surface area contributed by atoms with Gasteiger partial charge < -0.3 is 9.47 Å². The highest BCUT2D eigenvalue weighted by Gasteiger charge is 2.22. The molecule has 0 saturated carbocycles. The Morgan fingerprint density at radius 1 is 0.800 bits per heavy atom. The summed E-state index contributed by atoms with van der Waals surface area (Å²) in [5.74, 6) is 1.54. The molecule has 0 unspecified atom stereocenters. The summed E-state index contributed by atoms with van der Waals surface area (Å²) in [5, 5.41) is 0. The molecule has 0 aliphatic rings. The van der Waals surface area contributed by atoms with E-state index in [0.717, 1.165) is 34.0 Å². The van der Waals surface area contributed by atoms with E-state index in [0.29, 0.717) is 5.69 Å². The van der Waals surface area contributed by atoms with Gasteiger partial charge in [-0.05, 0) is 24.3 Å². The fourth-order valence-electron chi connectivity index (χ4n) is 2.94. The number of hydrogen-bond acceptors (Lipinski definition) is 2. The van der Waals surface area contributed by atoms with Gasteiger partial charge in [0.2, 0.25) is 11.4 Å². The summed E-state index contributed by atoms with van der Waals surface area (Å²) in [6.45, 7) is 7.48. The molecule has 124 valence electrons. The van der Waals surface area contributed by atoms with Crippen LogP contribution < -0.4 is 14.0 Å². The van der Waals surface area contributed by atoms with Gasteiger partial charge in [-0.15, -0.1) is 0 Å². The fourth-order valence-corrected chi connectivity index (χ4v) is 2.94. The molecule has 0 atom stereocenters. The Balaban J connectivity index is 2.31. The van der Waals surface area contributed by atoms with Crippen LogP contribution in [0.5, 0.6) is 11.5 Å². The third kappa shape index (κ3) is 3.05. The fraction of sp³-hybridized carbons (Fsp3) is 0.143. The lowest BCUT2D eigenvalue weighted by Gasteiger charge is -2.11. The van der Waals surface area contributed by atoms with E-state index < -0.39 is 0 Å². The summed E-state index contributed by atoms with van der Waals surface area (Å²) in [4.78, 5) is 3.65. The quantitative estimate of drug-likeness (QED) is 0.523. The van der Waals surface area contributed by atoms with Crippen LogP contribution in [0.15, 0.2) is 60.7 Å². The maximum Gasteiger partial charge on any atom is 0.206 e. The summed E-state index contributed by atoms with van der Waals surface area (Å²) in [5.41, 5.74) is 4.27. The van der Waals surface area contributed by atoms with Crippen molar-refractivity contribution >= 4 is 5.69 Å². The van der Waals surface area contributed by atoms with Crippen LogP contribution in [-0.2, 0) is 7.05 Å². The summed E-state index contributed by atoms with van der Waals surface area (Å²) < 4.78 is 13.1. The summed E-state index contributed by atoms with van der Waals surface area (Å²) in [6, 6.07) is 19.4. The first-order chi connectivity index (χ1) is 12.2. The van der Waals surface area contributed by atoms with Crippen LogP contribution in [0.1, 0.15) is 0 Å². The average Bonchev–Trinajstić information content (AvgIpc) is 2.68. The van der Waals surface area contributed by atoms with Gasteiger partial charge in [0.15, 0.2) is 5.69 Å². The number of aromatic nitrogens is 1. The Labute approximate surface area is 147 Å². The van der Waals surface area contributed by atoms with Crippen molar-refractivity contribution in [1.29, 1.82) is 0 Å². The van der Waals surface area contributed by atoms with Crippen LogP contribution in [0.25, 0.3) is 27.4 Å². The van der Waals surface area contributed by atoms with Crippen molar-refractivity contribution in [1.82, 2.24) is 0 Å². The van der Waals surface area contributed by atoms with E-state index >= 15 is 0 Å². The number of ether oxygens (including phenoxy) is 2. The van der Waals surface area contributed by atoms with Gasteiger partial charge >= 0.3 is 0 Å². The van der Waals surface area contributed by atoms with Crippen molar-refractivity contribution in [2.45, 2.75) is 0 Å². The molecule has 0 fully saturated rings. The van der Waals surface area contributed by atoms with Gasteiger partial charge in [0, 0.05) is 12.1 Å². The molecule has 0 aliphatic heterocycles. The van der Waals surface area contributed by atoms with Crippen molar-refractivity contribution in [3.05, 3.63) is 72.1 Å². The molecule has 0 saturated heterocycles. The molecule has 1 heterocycles. The number of nitrogens with zero attached hydrogens (tertiary/aromatic N) is 2. The maximum atomic E-state index is 7.48. The van der Waals surface area contributed by atoms with Crippen LogP contribution in [-0.4, -0.2) is 14.2 Å². The summed E-state index contributed by atoms with van der Waals surface area (Å²) >= 11 is 0. The van der Waals surface area contributed by atoms with Crippen LogP contribution in [0.4, 0.5) is 5.69 Å². The minimum atomic E-state index is 0.569. The molecular formula is C21H19N2O2+. The lowest BCUT2D eigenvalue weighted by atomic mass is 10.0. The normalized spacial score (nSPS) is 10.2. The van der Waals surface area contributed by atoms with E-state index in [2.05, 4.69) is 9.41 Å². The molecule has 0 spiro atoms. The lowest BCUT2D eigenvalue weighted by molar-refractivity contribution is -0.649. The highest BCUT2D eigenvalue weighted by molar-refractivity contribution is 5.73. The van der Waals surface area contributed by atoms with Crippen LogP contribution >= 0.6 is 0 Å². The molecule has 4 nitrogen and oxygen atoms in total. The summed E-state index contributed by atoms with van der Waals surface area (Å²) in [7, 11) is 5.29. The van der Waals surface area contributed by atoms with Crippen LogP contribution in [0.2, 0.25) is 0 Å². The van der Waals surface area contributed by atoms with Crippen LogP contribution in [0.3, 0.4) is 0 Å². The first kappa shape index (κ1) is 16.5. The Hall–Kier alpha value is -3.32. The Morgan fingerprint density at radius 2 is 1.24 bits per heavy atom. The van der Waals surface area contributed by atoms with Gasteiger partial charge in [-0.25, -0.2) is 4.85 Å². The van der Waals surface area contributed by atoms with Crippen molar-refractivity contribution in [2.24, 2.45) is 7.05 Å². The van der Waals surface area contributed by atoms with Crippen LogP contribution in [0, 0.1) is 6.57 Å². The smallest absolute Gasteiger partial charge is 0.206 e. The molecule has 1 aromatic heterocycles. The van der Waals surface area contributed by atoms with E-state index in [9.17, 15) is 0 Å². The Morgan fingerprint density at radius 3 is 1.64 bits per heavy atom. The molecule has 3 aromatic rings. The zero-order valence-corrected chi connectivity index (χ0v) is 14.5. The highest BCUT2D eigenvalue weighted by atomic mass is 16.5. The van der Waals surface area contributed by atoms with E-state index in [-0.39, 0.29) is 0 Å². The molecule has 2 aromatic carbocycles. The molecule has 0 bridgehead atoms. The second-order valence-electron chi connectivity index (χ2n) is 5.56. The van der Waals surface area contributed by atoms with Gasteiger partial charge in [0.1, 0.15) is 18.5 Å². The predicted octanol–water partition coefficient (Wildman–Crippen LogP) is 4.41. The minimum Gasteiger partial charge on any atom is -0.496 e. The number of rotatable bonds is 4. The van der Waals surface area contributed by atoms with Gasteiger partial charge in [-0.2, -0.15) is 4.57 Å². The molecule has 0 radical (unpaired) electrons. The highest BCUT2D eigenvalue weighted by Crippen LogP contribution is 2.34. The molecule has 4 heteroatoms. The largest absolute Gasteiger partial charge is 0.496 e. The zero-order valence-electron chi connectivity index (χ0n) is 14.5. The molecule has 0 aliphatic carbocycles. The second-order valence-corrected chi connectivity index (χ2v) is 5.56. The number of pyridine rings is 1. The van der Waals surface area contributed by atoms with E-state index in [1.54, 1.807) is 14.2 Å². The standard InChI is InChI=1S/C21H19N2O2/c1-22-15-13-18(16-9-5-7-11-20(16)24-3)23(2)19(14-15)17-10-6-8-12-21(17)25-4/h5-14H,2-4H3/q+1. The van der Waals surface area contributed by atoms with E-state index in [1.807, 2.05) is 67.7 Å². The number of para-hydroxylation sites is 2. The topological polar surface area (TPSA) is 26.7 Å². The van der Waals surface area contributed by atoms with Gasteiger partial charge in [0.05, 0.1) is 31.9 Å². The first-order valence-electron chi connectivity index (χ1n) is 7.88. The summed E-state index contributed by atoms with van der Waals surface area (Å²) in [6.07, 6.45) is 0. The molecule has 3 rings (SSSR count). The van der Waals surface area contributed by atoms with Crippen molar-refractivity contribution in [2.75, 3.05) is 14.2 Å². The molecule has 0 N–H and O–H groups in total. The third-order valence-corrected chi connectivity index (χ3v) is 4.19. The van der Waals surface area contributed by atoms with Gasteiger partial charge in [-0.3, -0.25) is 0 Å². The maximum absolute atomic E-state index is 7.48. The third-order valence-electron chi connectivity index (χ3n) is 4.19. The lowest BCUT2D eigenvalue weighted by Crippen LogP contribution is -2.34. The minimum absolute atomic E-state index is 0.569. The van der Waals surface area contributed by atoms with E-state index in [4.69, 9.17) is 16.0 Å². The number of hydrogen-bond donors (Lipinski definition) is 0. The molecule has 25 heavy (non-hydrogen) atoms. The van der Waals surface area contributed by atoms with Gasteiger partial charge in [0.25, 0.3) is 0 Å². The monoisotopic (exact) mass is 331 g/mol. The second kappa shape index (κ2) is 7.06. The number of methoxy groups -OCH3 is 2. The van der Waals surface area contributed by atoms with Gasteiger partial charge in [-0.1, -0.05) is 24.3 Å². The Bertz CT molecular complexity index is 890. The Kier molecular flexibility index (Phi) is 4.67. The van der Waals surface area contributed by atoms with E-state index in [1.165, 1.54) is 0 Å². The predicted molar refractivity (Wildman–Crippen MR) is 97.9 cm³/mol. The van der Waals surface area contributed by atoms with Crippen molar-refractivity contribution in [3.8, 4) is 34.0 Å². The zero-order chi connectivity index (χ0) is 17.8. The van der Waals surface area contributed by atoms with Crippen molar-refractivity contribution in [3.63, 3.8) is 0 Å².